The summed E-state index contributed by atoms with van der Waals surface area (Å²) in [5.74, 6) is 1.18. The number of halogens is 1. The molecule has 0 bridgehead atoms. The van der Waals surface area contributed by atoms with Gasteiger partial charge >= 0.3 is 0 Å². The van der Waals surface area contributed by atoms with Crippen LogP contribution in [-0.4, -0.2) is 14.8 Å². The van der Waals surface area contributed by atoms with Gasteiger partial charge in [0.25, 0.3) is 5.24 Å². The van der Waals surface area contributed by atoms with Crippen molar-refractivity contribution in [1.29, 1.82) is 0 Å². The van der Waals surface area contributed by atoms with Crippen LogP contribution in [0.2, 0.25) is 0 Å². The highest BCUT2D eigenvalue weighted by Gasteiger charge is 2.13. The zero-order valence-corrected chi connectivity index (χ0v) is 8.09. The van der Waals surface area contributed by atoms with Crippen molar-refractivity contribution >= 4 is 16.8 Å². The molecule has 0 saturated heterocycles. The van der Waals surface area contributed by atoms with Crippen LogP contribution in [0, 0.1) is 0 Å². The molecule has 3 nitrogen and oxygen atoms in total. The fraction of sp³-hybridized carbons (Fsp3) is 0.500. The largest absolute Gasteiger partial charge is 0.327 e. The van der Waals surface area contributed by atoms with Gasteiger partial charge in [-0.3, -0.25) is 4.79 Å². The van der Waals surface area contributed by atoms with Gasteiger partial charge in [-0.1, -0.05) is 13.8 Å². The number of imidazole rings is 1. The SMILES string of the molecule is CC(C)c1ncc(C(=O)Cl)n1C. The highest BCUT2D eigenvalue weighted by Crippen LogP contribution is 2.14. The lowest BCUT2D eigenvalue weighted by atomic mass is 10.2. The molecular weight excluding hydrogens is 176 g/mol. The van der Waals surface area contributed by atoms with Crippen molar-refractivity contribution in [2.75, 3.05) is 0 Å². The first kappa shape index (κ1) is 9.26. The Labute approximate surface area is 76.4 Å². The van der Waals surface area contributed by atoms with Crippen LogP contribution in [0.25, 0.3) is 0 Å². The Balaban J connectivity index is 3.13. The standard InChI is InChI=1S/C8H11ClN2O/c1-5(2)8-10-4-6(7(9)12)11(8)3/h4-5H,1-3H3. The molecule has 0 N–H and O–H groups in total. The molecule has 0 aliphatic rings. The summed E-state index contributed by atoms with van der Waals surface area (Å²) in [6, 6.07) is 0. The molecule has 0 atom stereocenters. The molecule has 0 amide bonds. The highest BCUT2D eigenvalue weighted by atomic mass is 35.5. The van der Waals surface area contributed by atoms with E-state index in [9.17, 15) is 4.79 Å². The van der Waals surface area contributed by atoms with E-state index in [1.165, 1.54) is 6.20 Å². The van der Waals surface area contributed by atoms with Gasteiger partial charge in [0.15, 0.2) is 0 Å². The number of carbonyl (C=O) groups is 1. The molecule has 0 fully saturated rings. The van der Waals surface area contributed by atoms with Gasteiger partial charge in [-0.2, -0.15) is 0 Å². The maximum Gasteiger partial charge on any atom is 0.270 e. The average molecular weight is 187 g/mol. The summed E-state index contributed by atoms with van der Waals surface area (Å²) >= 11 is 5.33. The topological polar surface area (TPSA) is 34.9 Å². The molecule has 0 unspecified atom stereocenters. The van der Waals surface area contributed by atoms with E-state index < -0.39 is 5.24 Å². The number of hydrogen-bond acceptors (Lipinski definition) is 2. The lowest BCUT2D eigenvalue weighted by Crippen LogP contribution is -2.05. The van der Waals surface area contributed by atoms with Crippen LogP contribution in [0.5, 0.6) is 0 Å². The Morgan fingerprint density at radius 1 is 1.67 bits per heavy atom. The first-order chi connectivity index (χ1) is 5.54. The van der Waals surface area contributed by atoms with E-state index in [1.807, 2.05) is 13.8 Å². The fourth-order valence-electron chi connectivity index (χ4n) is 1.14. The molecule has 0 spiro atoms. The van der Waals surface area contributed by atoms with Crippen LogP contribution in [-0.2, 0) is 7.05 Å². The average Bonchev–Trinajstić information content (AvgIpc) is 2.30. The third kappa shape index (κ3) is 1.50. The second-order valence-electron chi connectivity index (χ2n) is 2.99. The van der Waals surface area contributed by atoms with E-state index in [0.29, 0.717) is 11.6 Å². The number of carbonyl (C=O) groups excluding carboxylic acids is 1. The second-order valence-corrected chi connectivity index (χ2v) is 3.33. The van der Waals surface area contributed by atoms with Crippen molar-refractivity contribution < 1.29 is 4.79 Å². The first-order valence-electron chi connectivity index (χ1n) is 3.75. The van der Waals surface area contributed by atoms with Gasteiger partial charge in [0.1, 0.15) is 11.5 Å². The molecule has 0 saturated carbocycles. The summed E-state index contributed by atoms with van der Waals surface area (Å²) in [5, 5.41) is -0.461. The van der Waals surface area contributed by atoms with Crippen LogP contribution in [0.15, 0.2) is 6.20 Å². The van der Waals surface area contributed by atoms with Crippen LogP contribution < -0.4 is 0 Å². The lowest BCUT2D eigenvalue weighted by Gasteiger charge is -2.05. The Morgan fingerprint density at radius 3 is 2.50 bits per heavy atom. The van der Waals surface area contributed by atoms with Crippen molar-refractivity contribution in [3.05, 3.63) is 17.7 Å². The van der Waals surface area contributed by atoms with E-state index in [0.717, 1.165) is 5.82 Å². The van der Waals surface area contributed by atoms with Gasteiger partial charge in [-0.15, -0.1) is 0 Å². The zero-order valence-electron chi connectivity index (χ0n) is 7.34. The second kappa shape index (κ2) is 3.27. The molecule has 0 aliphatic carbocycles. The Kier molecular flexibility index (Phi) is 2.52. The quantitative estimate of drug-likeness (QED) is 0.662. The van der Waals surface area contributed by atoms with E-state index in [4.69, 9.17) is 11.6 Å². The maximum atomic E-state index is 10.8. The maximum absolute atomic E-state index is 10.8. The van der Waals surface area contributed by atoms with E-state index in [-0.39, 0.29) is 0 Å². The van der Waals surface area contributed by atoms with Crippen molar-refractivity contribution in [2.45, 2.75) is 19.8 Å². The number of rotatable bonds is 2. The van der Waals surface area contributed by atoms with E-state index >= 15 is 0 Å². The lowest BCUT2D eigenvalue weighted by molar-refractivity contribution is 0.107. The molecule has 1 rings (SSSR count). The molecule has 0 radical (unpaired) electrons. The van der Waals surface area contributed by atoms with Crippen LogP contribution in [0.3, 0.4) is 0 Å². The van der Waals surface area contributed by atoms with E-state index in [2.05, 4.69) is 4.98 Å². The van der Waals surface area contributed by atoms with Gasteiger partial charge < -0.3 is 4.57 Å². The molecule has 4 heteroatoms. The van der Waals surface area contributed by atoms with Crippen LogP contribution in [0.1, 0.15) is 36.1 Å². The number of aromatic nitrogens is 2. The molecule has 12 heavy (non-hydrogen) atoms. The fourth-order valence-corrected chi connectivity index (χ4v) is 1.32. The Bertz CT molecular complexity index is 304. The van der Waals surface area contributed by atoms with Gasteiger partial charge in [0, 0.05) is 13.0 Å². The Hall–Kier alpha value is -0.830. The van der Waals surface area contributed by atoms with Gasteiger partial charge in [-0.05, 0) is 11.6 Å². The summed E-state index contributed by atoms with van der Waals surface area (Å²) in [7, 11) is 1.79. The minimum atomic E-state index is -0.461. The minimum Gasteiger partial charge on any atom is -0.327 e. The van der Waals surface area contributed by atoms with Gasteiger partial charge in [-0.25, -0.2) is 4.98 Å². The van der Waals surface area contributed by atoms with Gasteiger partial charge in [0.05, 0.1) is 6.20 Å². The van der Waals surface area contributed by atoms with Crippen molar-refractivity contribution in [3.8, 4) is 0 Å². The smallest absolute Gasteiger partial charge is 0.270 e. The van der Waals surface area contributed by atoms with E-state index in [1.54, 1.807) is 11.6 Å². The summed E-state index contributed by atoms with van der Waals surface area (Å²) in [6.45, 7) is 4.04. The highest BCUT2D eigenvalue weighted by molar-refractivity contribution is 6.67. The predicted molar refractivity (Wildman–Crippen MR) is 47.5 cm³/mol. The summed E-state index contributed by atoms with van der Waals surface area (Å²) in [4.78, 5) is 14.9. The normalized spacial score (nSPS) is 10.8. The number of hydrogen-bond donors (Lipinski definition) is 0. The Morgan fingerprint density at radius 2 is 2.25 bits per heavy atom. The molecule has 66 valence electrons. The molecule has 1 aromatic heterocycles. The molecular formula is C8H11ClN2O. The van der Waals surface area contributed by atoms with Crippen molar-refractivity contribution in [1.82, 2.24) is 9.55 Å². The minimum absolute atomic E-state index is 0.305. The van der Waals surface area contributed by atoms with Crippen LogP contribution >= 0.6 is 11.6 Å². The predicted octanol–water partition coefficient (Wildman–Crippen LogP) is 1.92. The molecule has 1 aromatic rings. The summed E-state index contributed by atoms with van der Waals surface area (Å²) in [6.07, 6.45) is 1.50. The number of nitrogens with zero attached hydrogens (tertiary/aromatic N) is 2. The third-order valence-corrected chi connectivity index (χ3v) is 1.94. The van der Waals surface area contributed by atoms with Crippen molar-refractivity contribution in [3.63, 3.8) is 0 Å². The third-order valence-electron chi connectivity index (χ3n) is 1.74. The summed E-state index contributed by atoms with van der Waals surface area (Å²) < 4.78 is 1.72. The molecule has 0 aliphatic heterocycles. The van der Waals surface area contributed by atoms with Crippen molar-refractivity contribution in [2.24, 2.45) is 7.05 Å². The first-order valence-corrected chi connectivity index (χ1v) is 4.13. The molecule has 0 aromatic carbocycles. The zero-order chi connectivity index (χ0) is 9.30. The van der Waals surface area contributed by atoms with Crippen LogP contribution in [0.4, 0.5) is 0 Å². The summed E-state index contributed by atoms with van der Waals surface area (Å²) in [5.41, 5.74) is 0.445. The molecule has 1 heterocycles. The monoisotopic (exact) mass is 186 g/mol. The van der Waals surface area contributed by atoms with Gasteiger partial charge in [0.2, 0.25) is 0 Å².